The van der Waals surface area contributed by atoms with Crippen molar-refractivity contribution in [2.45, 2.75) is 25.0 Å². The summed E-state index contributed by atoms with van der Waals surface area (Å²) < 4.78 is 10.9. The normalized spacial score (nSPS) is 21.0. The van der Waals surface area contributed by atoms with Gasteiger partial charge in [0.15, 0.2) is 0 Å². The van der Waals surface area contributed by atoms with Crippen molar-refractivity contribution in [3.8, 4) is 5.75 Å². The molecule has 1 aliphatic heterocycles. The van der Waals surface area contributed by atoms with Gasteiger partial charge in [-0.15, -0.1) is 0 Å². The standard InChI is InChI=1S/C19H27N3O3/c1-21-12-15(24-3)9-14(21)11-22(2)18(23)8-13-10-20-16-6-5-7-17(25-4)19(13)16/h5-7,10,14-15,20H,8-9,11-12H2,1-4H3/t14-,15-/m0/s1. The molecule has 2 atom stereocenters. The van der Waals surface area contributed by atoms with Crippen molar-refractivity contribution in [1.82, 2.24) is 14.8 Å². The summed E-state index contributed by atoms with van der Waals surface area (Å²) in [6, 6.07) is 6.20. The molecule has 2 heterocycles. The van der Waals surface area contributed by atoms with Crippen LogP contribution in [-0.4, -0.2) is 74.2 Å². The maximum Gasteiger partial charge on any atom is 0.226 e. The minimum absolute atomic E-state index is 0.112. The third kappa shape index (κ3) is 3.65. The van der Waals surface area contributed by atoms with Gasteiger partial charge in [-0.1, -0.05) is 6.07 Å². The highest BCUT2D eigenvalue weighted by atomic mass is 16.5. The van der Waals surface area contributed by atoms with E-state index in [1.807, 2.05) is 36.3 Å². The summed E-state index contributed by atoms with van der Waals surface area (Å²) in [5.41, 5.74) is 1.96. The summed E-state index contributed by atoms with van der Waals surface area (Å²) in [5, 5.41) is 0.990. The summed E-state index contributed by atoms with van der Waals surface area (Å²) in [6.07, 6.45) is 3.49. The van der Waals surface area contributed by atoms with E-state index in [2.05, 4.69) is 16.9 Å². The molecule has 0 radical (unpaired) electrons. The predicted octanol–water partition coefficient (Wildman–Crippen LogP) is 1.90. The maximum atomic E-state index is 12.7. The minimum atomic E-state index is 0.112. The van der Waals surface area contributed by atoms with Gasteiger partial charge in [0.1, 0.15) is 5.75 Å². The van der Waals surface area contributed by atoms with Crippen LogP contribution in [0, 0.1) is 0 Å². The lowest BCUT2D eigenvalue weighted by molar-refractivity contribution is -0.129. The van der Waals surface area contributed by atoms with E-state index in [0.29, 0.717) is 19.0 Å². The zero-order valence-electron chi connectivity index (χ0n) is 15.4. The Morgan fingerprint density at radius 3 is 2.88 bits per heavy atom. The van der Waals surface area contributed by atoms with Gasteiger partial charge in [-0.3, -0.25) is 9.69 Å². The molecule has 6 heteroatoms. The second-order valence-electron chi connectivity index (χ2n) is 6.83. The van der Waals surface area contributed by atoms with E-state index in [-0.39, 0.29) is 12.0 Å². The first-order valence-electron chi connectivity index (χ1n) is 8.63. The molecule has 1 amide bonds. The van der Waals surface area contributed by atoms with E-state index in [4.69, 9.17) is 9.47 Å². The molecule has 3 rings (SSSR count). The number of carbonyl (C=O) groups is 1. The summed E-state index contributed by atoms with van der Waals surface area (Å²) in [4.78, 5) is 20.0. The Bertz CT molecular complexity index is 743. The molecule has 1 aromatic heterocycles. The van der Waals surface area contributed by atoms with Crippen LogP contribution >= 0.6 is 0 Å². The van der Waals surface area contributed by atoms with E-state index in [9.17, 15) is 4.79 Å². The number of benzene rings is 1. The summed E-state index contributed by atoms with van der Waals surface area (Å²) in [6.45, 7) is 1.64. The Morgan fingerprint density at radius 2 is 2.20 bits per heavy atom. The number of amides is 1. The molecule has 0 aliphatic carbocycles. The van der Waals surface area contributed by atoms with Crippen LogP contribution in [0.25, 0.3) is 10.9 Å². The lowest BCUT2D eigenvalue weighted by atomic mass is 10.1. The van der Waals surface area contributed by atoms with Crippen molar-refractivity contribution in [1.29, 1.82) is 0 Å². The predicted molar refractivity (Wildman–Crippen MR) is 98.0 cm³/mol. The SMILES string of the molecule is COc1cccc2[nH]cc(CC(=O)N(C)C[C@@H]3C[C@H](OC)CN3C)c12. The van der Waals surface area contributed by atoms with Crippen molar-refractivity contribution in [3.63, 3.8) is 0 Å². The van der Waals surface area contributed by atoms with Crippen LogP contribution in [0.2, 0.25) is 0 Å². The number of rotatable bonds is 6. The number of hydrogen-bond acceptors (Lipinski definition) is 4. The van der Waals surface area contributed by atoms with Crippen molar-refractivity contribution in [3.05, 3.63) is 30.0 Å². The van der Waals surface area contributed by atoms with Crippen LogP contribution in [0.3, 0.4) is 0 Å². The lowest BCUT2D eigenvalue weighted by Gasteiger charge is -2.25. The number of methoxy groups -OCH3 is 2. The number of carbonyl (C=O) groups excluding carboxylic acids is 1. The Morgan fingerprint density at radius 1 is 1.40 bits per heavy atom. The Balaban J connectivity index is 1.68. The smallest absolute Gasteiger partial charge is 0.226 e. The number of likely N-dealkylation sites (tertiary alicyclic amines) is 1. The van der Waals surface area contributed by atoms with Gasteiger partial charge in [0.2, 0.25) is 5.91 Å². The van der Waals surface area contributed by atoms with Gasteiger partial charge in [-0.2, -0.15) is 0 Å². The molecular formula is C19H27N3O3. The second-order valence-corrected chi connectivity index (χ2v) is 6.83. The quantitative estimate of drug-likeness (QED) is 0.869. The number of likely N-dealkylation sites (N-methyl/N-ethyl adjacent to an activating group) is 2. The molecule has 1 aliphatic rings. The first kappa shape index (κ1) is 17.8. The number of aromatic nitrogens is 1. The molecule has 0 unspecified atom stereocenters. The van der Waals surface area contributed by atoms with Crippen LogP contribution < -0.4 is 4.74 Å². The van der Waals surface area contributed by atoms with Crippen LogP contribution in [0.5, 0.6) is 5.75 Å². The molecule has 0 saturated carbocycles. The summed E-state index contributed by atoms with van der Waals surface area (Å²) in [7, 11) is 7.37. The largest absolute Gasteiger partial charge is 0.496 e. The van der Waals surface area contributed by atoms with E-state index in [1.165, 1.54) is 0 Å². The number of H-pyrrole nitrogens is 1. The van der Waals surface area contributed by atoms with Crippen LogP contribution in [-0.2, 0) is 16.0 Å². The van der Waals surface area contributed by atoms with Gasteiger partial charge in [0.25, 0.3) is 0 Å². The van der Waals surface area contributed by atoms with Crippen LogP contribution in [0.15, 0.2) is 24.4 Å². The fourth-order valence-electron chi connectivity index (χ4n) is 3.66. The Hall–Kier alpha value is -2.05. The first-order chi connectivity index (χ1) is 12.0. The number of fused-ring (bicyclic) bond motifs is 1. The molecule has 1 fully saturated rings. The molecule has 1 N–H and O–H groups in total. The lowest BCUT2D eigenvalue weighted by Crippen LogP contribution is -2.40. The van der Waals surface area contributed by atoms with Crippen molar-refractivity contribution in [2.75, 3.05) is 41.4 Å². The van der Waals surface area contributed by atoms with E-state index in [0.717, 1.165) is 35.2 Å². The molecule has 1 saturated heterocycles. The number of nitrogens with one attached hydrogen (secondary N) is 1. The molecule has 136 valence electrons. The van der Waals surface area contributed by atoms with E-state index in [1.54, 1.807) is 14.2 Å². The third-order valence-corrected chi connectivity index (χ3v) is 5.20. The molecule has 25 heavy (non-hydrogen) atoms. The van der Waals surface area contributed by atoms with E-state index < -0.39 is 0 Å². The van der Waals surface area contributed by atoms with Crippen LogP contribution in [0.1, 0.15) is 12.0 Å². The highest BCUT2D eigenvalue weighted by Crippen LogP contribution is 2.29. The Labute approximate surface area is 148 Å². The zero-order chi connectivity index (χ0) is 18.0. The van der Waals surface area contributed by atoms with Crippen molar-refractivity contribution >= 4 is 16.8 Å². The van der Waals surface area contributed by atoms with Gasteiger partial charge in [0, 0.05) is 50.4 Å². The zero-order valence-corrected chi connectivity index (χ0v) is 15.4. The third-order valence-electron chi connectivity index (χ3n) is 5.20. The molecule has 1 aromatic carbocycles. The molecule has 6 nitrogen and oxygen atoms in total. The first-order valence-corrected chi connectivity index (χ1v) is 8.63. The van der Waals surface area contributed by atoms with Gasteiger partial charge < -0.3 is 19.4 Å². The molecule has 0 spiro atoms. The number of ether oxygens (including phenoxy) is 2. The summed E-state index contributed by atoms with van der Waals surface area (Å²) >= 11 is 0. The highest BCUT2D eigenvalue weighted by Gasteiger charge is 2.31. The fourth-order valence-corrected chi connectivity index (χ4v) is 3.66. The van der Waals surface area contributed by atoms with Crippen molar-refractivity contribution < 1.29 is 14.3 Å². The molecule has 2 aromatic rings. The molecular weight excluding hydrogens is 318 g/mol. The van der Waals surface area contributed by atoms with Crippen molar-refractivity contribution in [2.24, 2.45) is 0 Å². The highest BCUT2D eigenvalue weighted by molar-refractivity contribution is 5.93. The topological polar surface area (TPSA) is 57.8 Å². The average Bonchev–Trinajstić information content (AvgIpc) is 3.18. The minimum Gasteiger partial charge on any atom is -0.496 e. The fraction of sp³-hybridized carbons (Fsp3) is 0.526. The number of aromatic amines is 1. The van der Waals surface area contributed by atoms with Gasteiger partial charge in [-0.25, -0.2) is 0 Å². The van der Waals surface area contributed by atoms with Gasteiger partial charge in [-0.05, 0) is 31.2 Å². The van der Waals surface area contributed by atoms with E-state index >= 15 is 0 Å². The monoisotopic (exact) mass is 345 g/mol. The van der Waals surface area contributed by atoms with Gasteiger partial charge in [0.05, 0.1) is 19.6 Å². The van der Waals surface area contributed by atoms with Crippen LogP contribution in [0.4, 0.5) is 0 Å². The second kappa shape index (κ2) is 7.45. The maximum absolute atomic E-state index is 12.7. The summed E-state index contributed by atoms with van der Waals surface area (Å²) in [5.74, 6) is 0.906. The number of nitrogens with zero attached hydrogens (tertiary/aromatic N) is 2. The Kier molecular flexibility index (Phi) is 5.30. The average molecular weight is 345 g/mol. The van der Waals surface area contributed by atoms with Gasteiger partial charge >= 0.3 is 0 Å². The number of hydrogen-bond donors (Lipinski definition) is 1. The molecule has 0 bridgehead atoms.